The first-order valence-electron chi connectivity index (χ1n) is 28.3. The van der Waals surface area contributed by atoms with Crippen molar-refractivity contribution in [1.29, 1.82) is 0 Å². The van der Waals surface area contributed by atoms with Gasteiger partial charge in [-0.3, -0.25) is 0 Å². The fourth-order valence-electron chi connectivity index (χ4n) is 16.2. The van der Waals surface area contributed by atoms with Gasteiger partial charge in [0.2, 0.25) is 0 Å². The summed E-state index contributed by atoms with van der Waals surface area (Å²) in [5.41, 5.74) is -5.25. The summed E-state index contributed by atoms with van der Waals surface area (Å²) < 4.78 is 48.8. The molecule has 8 rings (SSSR count). The Labute approximate surface area is 471 Å². The predicted molar refractivity (Wildman–Crippen MR) is 278 cm³/mol. The summed E-state index contributed by atoms with van der Waals surface area (Å²) in [4.78, 5) is 40.4. The molecule has 0 aromatic heterocycles. The van der Waals surface area contributed by atoms with Gasteiger partial charge in [-0.2, -0.15) is 0 Å². The molecule has 0 aromatic rings. The molecule has 4 saturated carbocycles. The van der Waals surface area contributed by atoms with Crippen LogP contribution in [0.5, 0.6) is 0 Å². The summed E-state index contributed by atoms with van der Waals surface area (Å²) >= 11 is 0. The molecule has 3 saturated heterocycles. The maximum atomic E-state index is 13.9. The lowest BCUT2D eigenvalue weighted by Gasteiger charge is -2.73. The lowest BCUT2D eigenvalue weighted by Crippen LogP contribution is -2.76. The highest BCUT2D eigenvalue weighted by molar-refractivity contribution is 5.89. The molecule has 27 atom stereocenters. The van der Waals surface area contributed by atoms with Crippen LogP contribution in [0.3, 0.4) is 0 Å². The van der Waals surface area contributed by atoms with Gasteiger partial charge < -0.3 is 104 Å². The third kappa shape index (κ3) is 9.98. The normalized spacial score (nSPS) is 49.8. The van der Waals surface area contributed by atoms with Crippen LogP contribution < -0.4 is 0 Å². The number of fused-ring (bicyclic) bond motifs is 7. The zero-order valence-corrected chi connectivity index (χ0v) is 47.8. The minimum absolute atomic E-state index is 0.165. The van der Waals surface area contributed by atoms with E-state index in [0.29, 0.717) is 31.3 Å². The topological polar surface area (TPSA) is 388 Å². The Morgan fingerprint density at radius 2 is 1.17 bits per heavy atom. The Morgan fingerprint density at radius 1 is 0.630 bits per heavy atom. The SMILES string of the molecule is C/C=C(/C)C(=O)O[C@H]1[C@H](OC(=O)/C(C)=C\C)[C@@]2(CO)C(CC1(C)C)C1=CCC3[C@@]4(C)CC[C@H](O[C@@H]5OC(C(=O)O)[C@@H](O)[C@@H](O[C@@H]6O[C@@H](CO)C(O)[C@@H]6O)C5O[C@@H]5OC(CO)[C@@H](O)[C@@H](O)C5O)[C@](C)(CO)C4CC[C@@]3(C)[C@]1(C)[C@@H](O)[C@H]2O. The molecule has 8 aliphatic rings. The number of ether oxygens (including phenoxy) is 8. The molecule has 5 aliphatic carbocycles. The molecular weight excluding hydrogens is 1070 g/mol. The first-order chi connectivity index (χ1) is 37.9. The zero-order valence-electron chi connectivity index (χ0n) is 47.8. The number of carbonyl (C=O) groups is 3. The Kier molecular flexibility index (Phi) is 18.4. The minimum atomic E-state index is -2.18. The van der Waals surface area contributed by atoms with E-state index >= 15 is 0 Å². The molecule has 0 bridgehead atoms. The number of esters is 2. The van der Waals surface area contributed by atoms with Gasteiger partial charge in [-0.25, -0.2) is 14.4 Å². The van der Waals surface area contributed by atoms with Gasteiger partial charge in [0.15, 0.2) is 31.1 Å². The summed E-state index contributed by atoms with van der Waals surface area (Å²) in [6, 6.07) is 0. The number of rotatable bonds is 15. The number of hydrogen-bond donors (Lipinski definition) is 13. The van der Waals surface area contributed by atoms with Gasteiger partial charge in [-0.05, 0) is 94.8 Å². The number of aliphatic carboxylic acids is 1. The van der Waals surface area contributed by atoms with Crippen LogP contribution in [0.2, 0.25) is 0 Å². The van der Waals surface area contributed by atoms with E-state index < -0.39 is 205 Å². The molecular formula is C57H88O24. The van der Waals surface area contributed by atoms with Crippen molar-refractivity contribution < 1.29 is 119 Å². The number of aliphatic hydroxyl groups is 12. The number of allylic oxidation sites excluding steroid dienone is 3. The zero-order chi connectivity index (χ0) is 60.0. The van der Waals surface area contributed by atoms with Crippen molar-refractivity contribution in [2.75, 3.05) is 26.4 Å². The molecule has 3 heterocycles. The average Bonchev–Trinajstić information content (AvgIpc) is 1.99. The molecule has 0 spiro atoms. The molecule has 13 N–H and O–H groups in total. The Bertz CT molecular complexity index is 2410. The predicted octanol–water partition coefficient (Wildman–Crippen LogP) is -0.765. The smallest absolute Gasteiger partial charge is 0.335 e. The van der Waals surface area contributed by atoms with Gasteiger partial charge in [0.25, 0.3) is 0 Å². The van der Waals surface area contributed by atoms with Crippen LogP contribution in [-0.4, -0.2) is 227 Å². The third-order valence-corrected chi connectivity index (χ3v) is 21.5. The first-order valence-corrected chi connectivity index (χ1v) is 28.3. The lowest BCUT2D eigenvalue weighted by atomic mass is 9.32. The largest absolute Gasteiger partial charge is 0.479 e. The molecule has 24 nitrogen and oxygen atoms in total. The third-order valence-electron chi connectivity index (χ3n) is 21.5. The number of carboxylic acid groups (broad SMARTS) is 1. The highest BCUT2D eigenvalue weighted by Gasteiger charge is 2.77. The van der Waals surface area contributed by atoms with Crippen LogP contribution in [0.4, 0.5) is 0 Å². The van der Waals surface area contributed by atoms with Crippen LogP contribution >= 0.6 is 0 Å². The van der Waals surface area contributed by atoms with Crippen molar-refractivity contribution in [3.05, 3.63) is 34.9 Å². The van der Waals surface area contributed by atoms with Crippen LogP contribution in [0.25, 0.3) is 0 Å². The fourth-order valence-corrected chi connectivity index (χ4v) is 16.2. The van der Waals surface area contributed by atoms with Crippen molar-refractivity contribution in [2.45, 2.75) is 224 Å². The second-order valence-electron chi connectivity index (χ2n) is 25.9. The van der Waals surface area contributed by atoms with Gasteiger partial charge >= 0.3 is 17.9 Å². The molecule has 81 heavy (non-hydrogen) atoms. The summed E-state index contributed by atoms with van der Waals surface area (Å²) in [5.74, 6) is -4.48. The van der Waals surface area contributed by atoms with Crippen LogP contribution in [0.1, 0.15) is 108 Å². The van der Waals surface area contributed by atoms with E-state index in [0.717, 1.165) is 5.57 Å². The number of carboxylic acids is 1. The van der Waals surface area contributed by atoms with Crippen LogP contribution in [0, 0.1) is 50.2 Å². The minimum Gasteiger partial charge on any atom is -0.479 e. The van der Waals surface area contributed by atoms with Gasteiger partial charge in [0.1, 0.15) is 67.1 Å². The molecule has 0 amide bonds. The second kappa shape index (κ2) is 23.3. The van der Waals surface area contributed by atoms with Crippen molar-refractivity contribution >= 4 is 17.9 Å². The maximum absolute atomic E-state index is 13.9. The highest BCUT2D eigenvalue weighted by Crippen LogP contribution is 2.76. The standard InChI is InChI=1S/C57H88O24/c1-11-24(3)47(72)80-44-45(81-48(73)25(4)12-2)57(23-61)27(19-52(44,5)6)26-13-14-31-53(7)17-16-32(54(8,22-60)30(53)15-18-55(31,9)56(26,10)42(68)43(57)69)76-51-41(79-50-37(66)35(64)33(62)28(20-58)74-50)39(38(67)40(78-51)46(70)71)77-49-36(65)34(63)29(21-59)75-49/h11-13,27-45,49-51,58-69H,14-23H2,1-10H3,(H,70,71)/b24-11-,25-12-/t27?,28?,29-,30?,31?,32-,33+,34?,35+,36-,37?,38-,39+,40?,41?,42-,43+,44-,45-,49-,50-,51+,53-,54+,55+,56-,57-/m0/s1. The average molecular weight is 1160 g/mol. The van der Waals surface area contributed by atoms with Crippen molar-refractivity contribution in [1.82, 2.24) is 0 Å². The molecule has 7 fully saturated rings. The van der Waals surface area contributed by atoms with E-state index in [1.54, 1.807) is 39.8 Å². The quantitative estimate of drug-likeness (QED) is 0.0415. The van der Waals surface area contributed by atoms with Crippen molar-refractivity contribution in [3.63, 3.8) is 0 Å². The Balaban J connectivity index is 1.15. The van der Waals surface area contributed by atoms with Gasteiger partial charge in [0, 0.05) is 27.4 Å². The molecule has 8 unspecified atom stereocenters. The van der Waals surface area contributed by atoms with E-state index in [4.69, 9.17) is 37.9 Å². The second-order valence-corrected chi connectivity index (χ2v) is 25.9. The molecule has 24 heteroatoms. The summed E-state index contributed by atoms with van der Waals surface area (Å²) in [6.45, 7) is 15.3. The van der Waals surface area contributed by atoms with Gasteiger partial charge in [-0.1, -0.05) is 65.3 Å². The summed E-state index contributed by atoms with van der Waals surface area (Å²) in [6.07, 6.45) is -25.7. The maximum Gasteiger partial charge on any atom is 0.335 e. The molecule has 3 aliphatic heterocycles. The Hall–Kier alpha value is -3.09. The highest BCUT2D eigenvalue weighted by atomic mass is 16.8. The van der Waals surface area contributed by atoms with Gasteiger partial charge in [-0.15, -0.1) is 0 Å². The van der Waals surface area contributed by atoms with Crippen molar-refractivity contribution in [2.24, 2.45) is 50.2 Å². The van der Waals surface area contributed by atoms with E-state index in [9.17, 15) is 80.8 Å². The molecule has 0 radical (unpaired) electrons. The van der Waals surface area contributed by atoms with E-state index in [1.807, 2.05) is 27.7 Å². The molecule has 460 valence electrons. The Morgan fingerprint density at radius 3 is 1.70 bits per heavy atom. The van der Waals surface area contributed by atoms with E-state index in [1.165, 1.54) is 0 Å². The number of aliphatic hydroxyl groups excluding tert-OH is 12. The molecule has 0 aromatic carbocycles. The number of carbonyl (C=O) groups excluding carboxylic acids is 2. The van der Waals surface area contributed by atoms with Crippen molar-refractivity contribution in [3.8, 4) is 0 Å². The summed E-state index contributed by atoms with van der Waals surface area (Å²) in [5, 5.41) is 146. The van der Waals surface area contributed by atoms with Crippen LogP contribution in [-0.2, 0) is 52.3 Å². The van der Waals surface area contributed by atoms with Gasteiger partial charge in [0.05, 0.1) is 50.2 Å². The number of hydrogen-bond acceptors (Lipinski definition) is 23. The monoisotopic (exact) mass is 1160 g/mol. The fraction of sp³-hybridized carbons (Fsp3) is 0.842. The van der Waals surface area contributed by atoms with E-state index in [-0.39, 0.29) is 24.3 Å². The lowest BCUT2D eigenvalue weighted by molar-refractivity contribution is -0.387. The first kappa shape index (κ1) is 63.9. The summed E-state index contributed by atoms with van der Waals surface area (Å²) in [7, 11) is 0. The van der Waals surface area contributed by atoms with Crippen LogP contribution in [0.15, 0.2) is 34.9 Å². The van der Waals surface area contributed by atoms with E-state index in [2.05, 4.69) is 19.9 Å².